The Kier molecular flexibility index (Phi) is 7.46. The molecule has 0 N–H and O–H groups in total. The van der Waals surface area contributed by atoms with Gasteiger partial charge in [0.15, 0.2) is 0 Å². The third kappa shape index (κ3) is 5.57. The molecule has 0 saturated heterocycles. The number of halogens is 1. The van der Waals surface area contributed by atoms with E-state index in [1.165, 1.54) is 7.11 Å². The molecule has 0 spiro atoms. The third-order valence-corrected chi connectivity index (χ3v) is 6.00. The summed E-state index contributed by atoms with van der Waals surface area (Å²) in [4.78, 5) is 25.1. The van der Waals surface area contributed by atoms with E-state index in [2.05, 4.69) is 15.9 Å². The lowest BCUT2D eigenvalue weighted by Gasteiger charge is -2.43. The largest absolute Gasteiger partial charge is 0.469 e. The first-order valence-electron chi connectivity index (χ1n) is 8.81. The zero-order chi connectivity index (χ0) is 20.2. The van der Waals surface area contributed by atoms with Crippen LogP contribution >= 0.6 is 15.9 Å². The maximum absolute atomic E-state index is 12.8. The fourth-order valence-electron chi connectivity index (χ4n) is 2.69. The van der Waals surface area contributed by atoms with Crippen molar-refractivity contribution in [2.24, 2.45) is 16.7 Å². The lowest BCUT2D eigenvalue weighted by Crippen LogP contribution is -2.45. The summed E-state index contributed by atoms with van der Waals surface area (Å²) in [5, 5.41) is 0. The first-order chi connectivity index (χ1) is 11.8. The van der Waals surface area contributed by atoms with Gasteiger partial charge in [0.05, 0.1) is 18.4 Å². The van der Waals surface area contributed by atoms with Crippen LogP contribution in [-0.4, -0.2) is 23.4 Å². The molecule has 1 unspecified atom stereocenters. The number of alkyl halides is 1. The van der Waals surface area contributed by atoms with Crippen LogP contribution in [0.4, 0.5) is 0 Å². The van der Waals surface area contributed by atoms with Crippen LogP contribution in [0.5, 0.6) is 0 Å². The van der Waals surface area contributed by atoms with Crippen LogP contribution in [0.15, 0.2) is 30.3 Å². The molecule has 0 fully saturated rings. The Morgan fingerprint density at radius 3 is 2.04 bits per heavy atom. The van der Waals surface area contributed by atoms with Gasteiger partial charge in [-0.25, -0.2) is 0 Å². The lowest BCUT2D eigenvalue weighted by atomic mass is 9.63. The molecule has 1 rings (SSSR count). The molecule has 0 amide bonds. The van der Waals surface area contributed by atoms with Crippen LogP contribution < -0.4 is 0 Å². The topological polar surface area (TPSA) is 52.6 Å². The molecule has 0 aliphatic carbocycles. The summed E-state index contributed by atoms with van der Waals surface area (Å²) < 4.78 is 10.1. The fourth-order valence-corrected chi connectivity index (χ4v) is 3.04. The van der Waals surface area contributed by atoms with Gasteiger partial charge in [0.1, 0.15) is 6.61 Å². The molecule has 5 heteroatoms. The van der Waals surface area contributed by atoms with Crippen LogP contribution in [0.2, 0.25) is 0 Å². The Balaban J connectivity index is 2.92. The Hall–Kier alpha value is -1.36. The molecule has 1 atom stereocenters. The average molecular weight is 427 g/mol. The van der Waals surface area contributed by atoms with Crippen LogP contribution in [0.3, 0.4) is 0 Å². The number of carbonyl (C=O) groups excluding carboxylic acids is 2. The molecule has 1 aromatic carbocycles. The molecule has 0 bridgehead atoms. The monoisotopic (exact) mass is 426 g/mol. The molecule has 1 aromatic rings. The van der Waals surface area contributed by atoms with Gasteiger partial charge < -0.3 is 9.47 Å². The van der Waals surface area contributed by atoms with Crippen molar-refractivity contribution < 1.29 is 19.1 Å². The van der Waals surface area contributed by atoms with E-state index in [1.54, 1.807) is 0 Å². The van der Waals surface area contributed by atoms with E-state index in [4.69, 9.17) is 9.47 Å². The van der Waals surface area contributed by atoms with Crippen LogP contribution in [0.25, 0.3) is 0 Å². The second-order valence-corrected chi connectivity index (χ2v) is 10.5. The highest BCUT2D eigenvalue weighted by Crippen LogP contribution is 2.47. The summed E-state index contributed by atoms with van der Waals surface area (Å²) >= 11 is 3.59. The Bertz CT molecular complexity index is 615. The Morgan fingerprint density at radius 2 is 1.58 bits per heavy atom. The third-order valence-electron chi connectivity index (χ3n) is 5.44. The number of rotatable bonds is 8. The van der Waals surface area contributed by atoms with Crippen molar-refractivity contribution in [2.75, 3.05) is 7.11 Å². The highest BCUT2D eigenvalue weighted by atomic mass is 79.9. The summed E-state index contributed by atoms with van der Waals surface area (Å²) in [6.45, 7) is 11.8. The summed E-state index contributed by atoms with van der Waals surface area (Å²) in [6, 6.07) is 9.60. The van der Waals surface area contributed by atoms with Crippen molar-refractivity contribution in [3.05, 3.63) is 35.9 Å². The number of ether oxygens (including phenoxy) is 2. The maximum atomic E-state index is 12.8. The standard InChI is InChI=1S/C21H31BrO4/c1-19(2,13-16(17(23)25-7)21(5,6)22)20(3,4)18(24)26-14-15-11-9-8-10-12-15/h8-12,16H,13-14H2,1-7H3. The fraction of sp³-hybridized carbons (Fsp3) is 0.619. The highest BCUT2D eigenvalue weighted by Gasteiger charge is 2.49. The van der Waals surface area contributed by atoms with Gasteiger partial charge in [-0.1, -0.05) is 60.1 Å². The molecule has 146 valence electrons. The molecule has 0 aliphatic heterocycles. The van der Waals surface area contributed by atoms with Crippen molar-refractivity contribution in [2.45, 2.75) is 58.9 Å². The minimum absolute atomic E-state index is 0.240. The van der Waals surface area contributed by atoms with Crippen LogP contribution in [-0.2, 0) is 25.7 Å². The predicted octanol–water partition coefficient (Wildman–Crippen LogP) is 5.14. The second-order valence-electron chi connectivity index (χ2n) is 8.41. The number of hydrogen-bond donors (Lipinski definition) is 0. The second kappa shape index (κ2) is 8.55. The minimum atomic E-state index is -0.772. The van der Waals surface area contributed by atoms with Crippen LogP contribution in [0.1, 0.15) is 53.5 Å². The number of carbonyl (C=O) groups is 2. The lowest BCUT2D eigenvalue weighted by molar-refractivity contribution is -0.165. The normalized spacial score (nSPS) is 13.8. The SMILES string of the molecule is COC(=O)C(CC(C)(C)C(C)(C)C(=O)OCc1ccccc1)C(C)(C)Br. The summed E-state index contributed by atoms with van der Waals surface area (Å²) in [5.41, 5.74) is -0.305. The molecule has 0 aliphatic rings. The maximum Gasteiger partial charge on any atom is 0.312 e. The van der Waals surface area contributed by atoms with Crippen molar-refractivity contribution in [3.63, 3.8) is 0 Å². The first kappa shape index (κ1) is 22.7. The molecule has 4 nitrogen and oxygen atoms in total. The molecule has 0 aromatic heterocycles. The highest BCUT2D eigenvalue weighted by molar-refractivity contribution is 9.10. The number of methoxy groups -OCH3 is 1. The number of hydrogen-bond acceptors (Lipinski definition) is 4. The van der Waals surface area contributed by atoms with Crippen molar-refractivity contribution in [1.82, 2.24) is 0 Å². The van der Waals surface area contributed by atoms with Crippen molar-refractivity contribution in [1.29, 1.82) is 0 Å². The predicted molar refractivity (Wildman–Crippen MR) is 107 cm³/mol. The van der Waals surface area contributed by atoms with E-state index in [1.807, 2.05) is 71.9 Å². The molecule has 0 saturated carbocycles. The zero-order valence-corrected chi connectivity index (χ0v) is 18.5. The van der Waals surface area contributed by atoms with Gasteiger partial charge >= 0.3 is 11.9 Å². The minimum Gasteiger partial charge on any atom is -0.469 e. The van der Waals surface area contributed by atoms with Gasteiger partial charge in [-0.05, 0) is 45.1 Å². The Labute approximate surface area is 165 Å². The van der Waals surface area contributed by atoms with E-state index in [0.717, 1.165) is 5.56 Å². The number of benzene rings is 1. The van der Waals surface area contributed by atoms with Gasteiger partial charge in [0.2, 0.25) is 0 Å². The Morgan fingerprint density at radius 1 is 1.04 bits per heavy atom. The molecule has 0 heterocycles. The van der Waals surface area contributed by atoms with Crippen molar-refractivity contribution in [3.8, 4) is 0 Å². The molecular formula is C21H31BrO4. The zero-order valence-electron chi connectivity index (χ0n) is 16.9. The quantitative estimate of drug-likeness (QED) is 0.426. The molecule has 0 radical (unpaired) electrons. The smallest absolute Gasteiger partial charge is 0.312 e. The summed E-state index contributed by atoms with van der Waals surface area (Å²) in [7, 11) is 1.39. The van der Waals surface area contributed by atoms with Gasteiger partial charge in [-0.15, -0.1) is 0 Å². The summed E-state index contributed by atoms with van der Waals surface area (Å²) in [5.74, 6) is -0.945. The van der Waals surface area contributed by atoms with E-state index in [9.17, 15) is 9.59 Å². The molecule has 26 heavy (non-hydrogen) atoms. The van der Waals surface area contributed by atoms with Gasteiger partial charge in [-0.3, -0.25) is 9.59 Å². The van der Waals surface area contributed by atoms with Crippen LogP contribution in [0, 0.1) is 16.7 Å². The van der Waals surface area contributed by atoms with Crippen molar-refractivity contribution >= 4 is 27.9 Å². The van der Waals surface area contributed by atoms with E-state index < -0.39 is 15.2 Å². The number of esters is 2. The first-order valence-corrected chi connectivity index (χ1v) is 9.60. The van der Waals surface area contributed by atoms with E-state index in [0.29, 0.717) is 6.42 Å². The summed E-state index contributed by atoms with van der Waals surface area (Å²) in [6.07, 6.45) is 0.491. The van der Waals surface area contributed by atoms with Gasteiger partial charge in [0.25, 0.3) is 0 Å². The average Bonchev–Trinajstić information content (AvgIpc) is 2.56. The van der Waals surface area contributed by atoms with Gasteiger partial charge in [0, 0.05) is 4.32 Å². The van der Waals surface area contributed by atoms with E-state index in [-0.39, 0.29) is 24.5 Å². The van der Waals surface area contributed by atoms with Gasteiger partial charge in [-0.2, -0.15) is 0 Å². The molecular weight excluding hydrogens is 396 g/mol. The van der Waals surface area contributed by atoms with E-state index >= 15 is 0 Å².